The number of hydrogen-bond donors (Lipinski definition) is 0. The zero-order chi connectivity index (χ0) is 24.3. The molecule has 34 heavy (non-hydrogen) atoms. The molecule has 1 aromatic carbocycles. The highest BCUT2D eigenvalue weighted by molar-refractivity contribution is 6.34. The van der Waals surface area contributed by atoms with Gasteiger partial charge in [-0.3, -0.25) is 9.78 Å². The van der Waals surface area contributed by atoms with Crippen LogP contribution in [0.4, 0.5) is 17.6 Å². The van der Waals surface area contributed by atoms with Gasteiger partial charge >= 0.3 is 6.18 Å². The smallest absolute Gasteiger partial charge is 0.372 e. The summed E-state index contributed by atoms with van der Waals surface area (Å²) < 4.78 is 56.6. The van der Waals surface area contributed by atoms with Gasteiger partial charge in [-0.2, -0.15) is 13.2 Å². The molecule has 0 radical (unpaired) electrons. The van der Waals surface area contributed by atoms with Crippen LogP contribution in [0.3, 0.4) is 0 Å². The molecule has 6 nitrogen and oxygen atoms in total. The number of aromatic nitrogens is 1. The molecule has 0 N–H and O–H groups in total. The lowest BCUT2D eigenvalue weighted by atomic mass is 9.89. The number of amides is 1. The van der Waals surface area contributed by atoms with E-state index in [0.29, 0.717) is 24.9 Å². The van der Waals surface area contributed by atoms with Gasteiger partial charge in [0.2, 0.25) is 0 Å². The first kappa shape index (κ1) is 23.2. The summed E-state index contributed by atoms with van der Waals surface area (Å²) in [6, 6.07) is 5.23. The van der Waals surface area contributed by atoms with Gasteiger partial charge in [-0.15, -0.1) is 0 Å². The normalized spacial score (nSPS) is 24.3. The van der Waals surface area contributed by atoms with Gasteiger partial charge in [-0.05, 0) is 48.2 Å². The minimum absolute atomic E-state index is 0.0496. The van der Waals surface area contributed by atoms with Crippen molar-refractivity contribution in [3.05, 3.63) is 62.9 Å². The van der Waals surface area contributed by atoms with Crippen molar-refractivity contribution in [1.82, 2.24) is 14.8 Å². The number of likely N-dealkylation sites (tertiary alicyclic amines) is 1. The molecule has 3 aliphatic heterocycles. The average molecular weight is 517 g/mol. The van der Waals surface area contributed by atoms with Gasteiger partial charge in [0.05, 0.1) is 6.42 Å². The van der Waals surface area contributed by atoms with Crippen molar-refractivity contribution in [3.8, 4) is 0 Å². The number of pyridine rings is 1. The Morgan fingerprint density at radius 1 is 1.12 bits per heavy atom. The summed E-state index contributed by atoms with van der Waals surface area (Å²) in [5.41, 5.74) is -1.41. The van der Waals surface area contributed by atoms with Crippen molar-refractivity contribution >= 4 is 34.9 Å². The number of nitrogens with zero attached hydrogens (tertiary/aromatic N) is 4. The molecule has 0 spiro atoms. The number of alkyl halides is 4. The molecule has 1 fully saturated rings. The maximum Gasteiger partial charge on any atom is 0.435 e. The molecule has 0 aliphatic carbocycles. The standard InChI is InChI=1S/C22H18Cl2F4N4O2/c23-15-5-14(6-16(24)7-15)21(22(26,27)28)8-19(30-34-21)31-10-12-4-17(29-9-13(12)11-31)20(33)32-3-1-2-18(32)25/h4-7,9,18H,1-3,8,10-11H2. The van der Waals surface area contributed by atoms with E-state index >= 15 is 0 Å². The summed E-state index contributed by atoms with van der Waals surface area (Å²) in [4.78, 5) is 24.6. The number of amidine groups is 1. The minimum atomic E-state index is -4.79. The highest BCUT2D eigenvalue weighted by Crippen LogP contribution is 2.49. The fourth-order valence-electron chi connectivity index (χ4n) is 4.53. The summed E-state index contributed by atoms with van der Waals surface area (Å²) >= 11 is 11.9. The molecule has 4 heterocycles. The lowest BCUT2D eigenvalue weighted by Gasteiger charge is -2.30. The van der Waals surface area contributed by atoms with Crippen molar-refractivity contribution < 1.29 is 27.2 Å². The largest absolute Gasteiger partial charge is 0.435 e. The van der Waals surface area contributed by atoms with E-state index in [1.54, 1.807) is 11.0 Å². The number of carbonyl (C=O) groups is 1. The summed E-state index contributed by atoms with van der Waals surface area (Å²) in [7, 11) is 0. The third-order valence-corrected chi connectivity index (χ3v) is 6.77. The van der Waals surface area contributed by atoms with Crippen LogP contribution in [0.2, 0.25) is 10.0 Å². The van der Waals surface area contributed by atoms with Gasteiger partial charge < -0.3 is 14.6 Å². The second kappa shape index (κ2) is 8.27. The molecule has 12 heteroatoms. The van der Waals surface area contributed by atoms with Crippen LogP contribution in [-0.4, -0.2) is 45.5 Å². The highest BCUT2D eigenvalue weighted by Gasteiger charge is 2.63. The monoisotopic (exact) mass is 516 g/mol. The molecule has 180 valence electrons. The second-order valence-electron chi connectivity index (χ2n) is 8.53. The number of fused-ring (bicyclic) bond motifs is 1. The first-order chi connectivity index (χ1) is 16.1. The molecule has 1 amide bonds. The first-order valence-corrected chi connectivity index (χ1v) is 11.3. The number of oxime groups is 1. The second-order valence-corrected chi connectivity index (χ2v) is 9.40. The molecule has 3 aliphatic rings. The third-order valence-electron chi connectivity index (χ3n) is 6.33. The molecule has 0 saturated carbocycles. The van der Waals surface area contributed by atoms with E-state index in [0.717, 1.165) is 22.6 Å². The maximum atomic E-state index is 14.2. The number of hydrogen-bond acceptors (Lipinski definition) is 5. The maximum absolute atomic E-state index is 14.2. The number of halogens is 6. The van der Waals surface area contributed by atoms with E-state index in [2.05, 4.69) is 10.1 Å². The van der Waals surface area contributed by atoms with E-state index in [1.165, 1.54) is 12.3 Å². The summed E-state index contributed by atoms with van der Waals surface area (Å²) in [6.45, 7) is 0.786. The highest BCUT2D eigenvalue weighted by atomic mass is 35.5. The molecule has 1 aromatic heterocycles. The summed E-state index contributed by atoms with van der Waals surface area (Å²) in [5.74, 6) is -0.400. The van der Waals surface area contributed by atoms with Crippen LogP contribution < -0.4 is 0 Å². The molecule has 2 aromatic rings. The zero-order valence-electron chi connectivity index (χ0n) is 17.6. The van der Waals surface area contributed by atoms with Crippen LogP contribution in [0.15, 0.2) is 35.6 Å². The Kier molecular flexibility index (Phi) is 5.63. The molecule has 2 atom stereocenters. The Bertz CT molecular complexity index is 1170. The van der Waals surface area contributed by atoms with Crippen molar-refractivity contribution in [2.45, 2.75) is 50.4 Å². The summed E-state index contributed by atoms with van der Waals surface area (Å²) in [6.07, 6.45) is -4.32. The molecule has 2 unspecified atom stereocenters. The topological polar surface area (TPSA) is 58.0 Å². The van der Waals surface area contributed by atoms with Crippen molar-refractivity contribution in [2.24, 2.45) is 5.16 Å². The lowest BCUT2D eigenvalue weighted by molar-refractivity contribution is -0.275. The number of carbonyl (C=O) groups excluding carboxylic acids is 1. The van der Waals surface area contributed by atoms with Crippen molar-refractivity contribution in [3.63, 3.8) is 0 Å². The molecular formula is C22H18Cl2F4N4O2. The Balaban J connectivity index is 1.37. The number of benzene rings is 1. The van der Waals surface area contributed by atoms with Gasteiger partial charge in [0.15, 0.2) is 6.30 Å². The van der Waals surface area contributed by atoms with Gasteiger partial charge in [0.1, 0.15) is 11.5 Å². The third kappa shape index (κ3) is 3.86. The van der Waals surface area contributed by atoms with E-state index in [4.69, 9.17) is 28.0 Å². The van der Waals surface area contributed by atoms with Gasteiger partial charge in [-0.1, -0.05) is 28.4 Å². The first-order valence-electron chi connectivity index (χ1n) is 10.5. The molecule has 0 bridgehead atoms. The molecular weight excluding hydrogens is 499 g/mol. The quantitative estimate of drug-likeness (QED) is 0.394. The van der Waals surface area contributed by atoms with E-state index < -0.39 is 30.4 Å². The minimum Gasteiger partial charge on any atom is -0.372 e. The Hall–Kier alpha value is -2.59. The van der Waals surface area contributed by atoms with E-state index in [-0.39, 0.29) is 40.2 Å². The Labute approximate surface area is 202 Å². The van der Waals surface area contributed by atoms with Crippen molar-refractivity contribution in [1.29, 1.82) is 0 Å². The zero-order valence-corrected chi connectivity index (χ0v) is 19.1. The van der Waals surface area contributed by atoms with Crippen LogP contribution in [0.1, 0.15) is 46.4 Å². The van der Waals surface area contributed by atoms with Crippen LogP contribution in [0.25, 0.3) is 0 Å². The van der Waals surface area contributed by atoms with Crippen LogP contribution in [0, 0.1) is 0 Å². The SMILES string of the molecule is O=C(c1cc2c(cn1)CN(C1=NOC(c3cc(Cl)cc(Cl)c3)(C(F)(F)F)C1)C2)N1CCCC1F. The Morgan fingerprint density at radius 3 is 2.47 bits per heavy atom. The van der Waals surface area contributed by atoms with Crippen LogP contribution >= 0.6 is 23.2 Å². The summed E-state index contributed by atoms with van der Waals surface area (Å²) in [5, 5.41) is 3.88. The predicted octanol–water partition coefficient (Wildman–Crippen LogP) is 5.43. The van der Waals surface area contributed by atoms with E-state index in [1.807, 2.05) is 0 Å². The Morgan fingerprint density at radius 2 is 1.82 bits per heavy atom. The molecule has 1 saturated heterocycles. The van der Waals surface area contributed by atoms with Gasteiger partial charge in [0, 0.05) is 41.4 Å². The number of rotatable bonds is 2. The van der Waals surface area contributed by atoms with Crippen LogP contribution in [-0.2, 0) is 23.5 Å². The lowest BCUT2D eigenvalue weighted by Crippen LogP contribution is -2.43. The predicted molar refractivity (Wildman–Crippen MR) is 116 cm³/mol. The fraction of sp³-hybridized carbons (Fsp3) is 0.409. The van der Waals surface area contributed by atoms with E-state index in [9.17, 15) is 22.4 Å². The fourth-order valence-corrected chi connectivity index (χ4v) is 5.05. The van der Waals surface area contributed by atoms with Crippen molar-refractivity contribution in [2.75, 3.05) is 6.54 Å². The van der Waals surface area contributed by atoms with Gasteiger partial charge in [0.25, 0.3) is 11.5 Å². The molecule has 5 rings (SSSR count). The average Bonchev–Trinajstić information content (AvgIpc) is 3.49. The van der Waals surface area contributed by atoms with Gasteiger partial charge in [-0.25, -0.2) is 4.39 Å². The van der Waals surface area contributed by atoms with Crippen LogP contribution in [0.5, 0.6) is 0 Å².